The molecule has 22 heavy (non-hydrogen) atoms. The van der Waals surface area contributed by atoms with Crippen molar-refractivity contribution >= 4 is 11.7 Å². The van der Waals surface area contributed by atoms with E-state index in [2.05, 4.69) is 20.9 Å². The molecule has 0 bridgehead atoms. The summed E-state index contributed by atoms with van der Waals surface area (Å²) in [6.45, 7) is 5.07. The van der Waals surface area contributed by atoms with Crippen molar-refractivity contribution in [2.24, 2.45) is 0 Å². The molecule has 1 aliphatic heterocycles. The number of hydrogen-bond donors (Lipinski definition) is 3. The molecule has 2 heterocycles. The zero-order valence-corrected chi connectivity index (χ0v) is 13.4. The van der Waals surface area contributed by atoms with Gasteiger partial charge in [-0.25, -0.2) is 4.98 Å². The fraction of sp³-hybridized carbons (Fsp3) is 0.625. The summed E-state index contributed by atoms with van der Waals surface area (Å²) in [6.07, 6.45) is 4.13. The first-order valence-electron chi connectivity index (χ1n) is 7.87. The summed E-state index contributed by atoms with van der Waals surface area (Å²) < 4.78 is 5.50. The van der Waals surface area contributed by atoms with Crippen LogP contribution in [0.15, 0.2) is 18.3 Å². The minimum Gasteiger partial charge on any atom is -0.370 e. The maximum atomic E-state index is 12.3. The normalized spacial score (nSPS) is 17.0. The van der Waals surface area contributed by atoms with Gasteiger partial charge in [0.1, 0.15) is 11.4 Å². The molecule has 0 saturated carbocycles. The quantitative estimate of drug-likeness (QED) is 0.657. The number of methoxy groups -OCH3 is 1. The van der Waals surface area contributed by atoms with Crippen molar-refractivity contribution in [2.75, 3.05) is 38.6 Å². The van der Waals surface area contributed by atoms with Gasteiger partial charge in [0.25, 0.3) is 5.91 Å². The first-order chi connectivity index (χ1) is 10.7. The number of anilines is 1. The first-order valence-corrected chi connectivity index (χ1v) is 7.87. The molecular weight excluding hydrogens is 280 g/mol. The molecule has 1 aromatic heterocycles. The molecule has 0 spiro atoms. The number of ether oxygens (including phenoxy) is 1. The van der Waals surface area contributed by atoms with E-state index in [1.165, 1.54) is 0 Å². The Morgan fingerprint density at radius 3 is 2.77 bits per heavy atom. The van der Waals surface area contributed by atoms with E-state index in [0.717, 1.165) is 50.3 Å². The van der Waals surface area contributed by atoms with Gasteiger partial charge in [0.05, 0.1) is 0 Å². The van der Waals surface area contributed by atoms with Gasteiger partial charge in [0.2, 0.25) is 0 Å². The highest BCUT2D eigenvalue weighted by molar-refractivity contribution is 5.85. The summed E-state index contributed by atoms with van der Waals surface area (Å²) >= 11 is 0. The van der Waals surface area contributed by atoms with Crippen LogP contribution in [-0.2, 0) is 9.53 Å². The van der Waals surface area contributed by atoms with Crippen LogP contribution in [0.2, 0.25) is 0 Å². The summed E-state index contributed by atoms with van der Waals surface area (Å²) in [5.41, 5.74) is 0.488. The second-order valence-corrected chi connectivity index (χ2v) is 5.71. The number of carbonyl (C=O) groups is 1. The highest BCUT2D eigenvalue weighted by Crippen LogP contribution is 2.22. The minimum absolute atomic E-state index is 0.00459. The van der Waals surface area contributed by atoms with Crippen LogP contribution in [-0.4, -0.2) is 49.8 Å². The second kappa shape index (κ2) is 8.10. The number of nitrogens with zero attached hydrogens (tertiary/aromatic N) is 1. The highest BCUT2D eigenvalue weighted by Gasteiger charge is 2.39. The fourth-order valence-electron chi connectivity index (χ4n) is 2.59. The highest BCUT2D eigenvalue weighted by atomic mass is 16.5. The second-order valence-electron chi connectivity index (χ2n) is 5.71. The van der Waals surface area contributed by atoms with Crippen molar-refractivity contribution in [1.82, 2.24) is 15.6 Å². The van der Waals surface area contributed by atoms with Crippen LogP contribution in [0, 0.1) is 6.92 Å². The standard InChI is InChI=1S/C16H26N4O2/c1-13-4-5-14(20-12-13)18-8-3-9-19-15(21)16(22-2)6-10-17-11-7-16/h4-5,12,17H,3,6-11H2,1-2H3,(H,18,20)(H,19,21). The van der Waals surface area contributed by atoms with E-state index in [-0.39, 0.29) is 5.91 Å². The average Bonchev–Trinajstić information content (AvgIpc) is 2.56. The molecular formula is C16H26N4O2. The van der Waals surface area contributed by atoms with Crippen LogP contribution in [0.5, 0.6) is 0 Å². The number of piperidine rings is 1. The molecule has 0 atom stereocenters. The van der Waals surface area contributed by atoms with Crippen molar-refractivity contribution in [3.63, 3.8) is 0 Å². The number of aryl methyl sites for hydroxylation is 1. The van der Waals surface area contributed by atoms with Crippen molar-refractivity contribution in [2.45, 2.75) is 31.8 Å². The lowest BCUT2D eigenvalue weighted by atomic mass is 9.91. The Labute approximate surface area is 132 Å². The van der Waals surface area contributed by atoms with Crippen LogP contribution in [0.1, 0.15) is 24.8 Å². The van der Waals surface area contributed by atoms with Gasteiger partial charge < -0.3 is 20.7 Å². The average molecular weight is 306 g/mol. The maximum Gasteiger partial charge on any atom is 0.252 e. The topological polar surface area (TPSA) is 75.3 Å². The van der Waals surface area contributed by atoms with E-state index in [1.807, 2.05) is 25.3 Å². The van der Waals surface area contributed by atoms with Crippen LogP contribution >= 0.6 is 0 Å². The smallest absolute Gasteiger partial charge is 0.252 e. The number of nitrogens with one attached hydrogen (secondary N) is 3. The van der Waals surface area contributed by atoms with E-state index in [9.17, 15) is 4.79 Å². The number of hydrogen-bond acceptors (Lipinski definition) is 5. The molecule has 3 N–H and O–H groups in total. The van der Waals surface area contributed by atoms with Crippen molar-refractivity contribution in [1.29, 1.82) is 0 Å². The van der Waals surface area contributed by atoms with Gasteiger partial charge in [-0.2, -0.15) is 0 Å². The Bertz CT molecular complexity index is 470. The lowest BCUT2D eigenvalue weighted by Crippen LogP contribution is -2.54. The molecule has 1 aliphatic rings. The van der Waals surface area contributed by atoms with Gasteiger partial charge >= 0.3 is 0 Å². The van der Waals surface area contributed by atoms with Gasteiger partial charge in [-0.3, -0.25) is 4.79 Å². The summed E-state index contributed by atoms with van der Waals surface area (Å²) in [7, 11) is 1.62. The van der Waals surface area contributed by atoms with Crippen molar-refractivity contribution in [3.05, 3.63) is 23.9 Å². The predicted octanol–water partition coefficient (Wildman–Crippen LogP) is 1.08. The largest absolute Gasteiger partial charge is 0.370 e. The Morgan fingerprint density at radius 1 is 1.36 bits per heavy atom. The summed E-state index contributed by atoms with van der Waals surface area (Å²) in [6, 6.07) is 3.99. The number of carbonyl (C=O) groups excluding carboxylic acids is 1. The zero-order chi connectivity index (χ0) is 15.8. The van der Waals surface area contributed by atoms with E-state index in [4.69, 9.17) is 4.74 Å². The number of rotatable bonds is 7. The van der Waals surface area contributed by atoms with E-state index in [1.54, 1.807) is 7.11 Å². The summed E-state index contributed by atoms with van der Waals surface area (Å²) in [5, 5.41) is 9.48. The lowest BCUT2D eigenvalue weighted by Gasteiger charge is -2.34. The minimum atomic E-state index is -0.656. The van der Waals surface area contributed by atoms with E-state index < -0.39 is 5.60 Å². The van der Waals surface area contributed by atoms with Gasteiger partial charge in [0.15, 0.2) is 0 Å². The fourth-order valence-corrected chi connectivity index (χ4v) is 2.59. The number of aromatic nitrogens is 1. The summed E-state index contributed by atoms with van der Waals surface area (Å²) in [5.74, 6) is 0.869. The Balaban J connectivity index is 1.67. The Morgan fingerprint density at radius 2 is 2.14 bits per heavy atom. The molecule has 0 radical (unpaired) electrons. The van der Waals surface area contributed by atoms with Gasteiger partial charge in [-0.1, -0.05) is 6.07 Å². The number of pyridine rings is 1. The summed E-state index contributed by atoms with van der Waals surface area (Å²) in [4.78, 5) is 16.6. The Hall–Kier alpha value is -1.66. The van der Waals surface area contributed by atoms with E-state index >= 15 is 0 Å². The van der Waals surface area contributed by atoms with E-state index in [0.29, 0.717) is 6.54 Å². The molecule has 1 amide bonds. The lowest BCUT2D eigenvalue weighted by molar-refractivity contribution is -0.146. The van der Waals surface area contributed by atoms with Crippen molar-refractivity contribution < 1.29 is 9.53 Å². The van der Waals surface area contributed by atoms with Gasteiger partial charge in [0, 0.05) is 26.4 Å². The molecule has 0 unspecified atom stereocenters. The maximum absolute atomic E-state index is 12.3. The predicted molar refractivity (Wildman–Crippen MR) is 86.9 cm³/mol. The third-order valence-electron chi connectivity index (χ3n) is 4.07. The third kappa shape index (κ3) is 4.42. The SMILES string of the molecule is COC1(C(=O)NCCCNc2ccc(C)cn2)CCNCC1. The molecule has 1 fully saturated rings. The van der Waals surface area contributed by atoms with Crippen LogP contribution in [0.4, 0.5) is 5.82 Å². The molecule has 0 aromatic carbocycles. The molecule has 2 rings (SSSR count). The molecule has 122 valence electrons. The Kier molecular flexibility index (Phi) is 6.15. The molecule has 0 aliphatic carbocycles. The van der Waals surface area contributed by atoms with Gasteiger partial charge in [-0.05, 0) is 50.9 Å². The molecule has 1 aromatic rings. The van der Waals surface area contributed by atoms with Crippen LogP contribution < -0.4 is 16.0 Å². The molecule has 6 nitrogen and oxygen atoms in total. The van der Waals surface area contributed by atoms with Crippen LogP contribution in [0.25, 0.3) is 0 Å². The first kappa shape index (κ1) is 16.7. The number of amides is 1. The third-order valence-corrected chi connectivity index (χ3v) is 4.07. The van der Waals surface area contributed by atoms with Crippen molar-refractivity contribution in [3.8, 4) is 0 Å². The molecule has 6 heteroatoms. The van der Waals surface area contributed by atoms with Crippen LogP contribution in [0.3, 0.4) is 0 Å². The molecule has 1 saturated heterocycles. The monoisotopic (exact) mass is 306 g/mol. The van der Waals surface area contributed by atoms with Gasteiger partial charge in [-0.15, -0.1) is 0 Å². The zero-order valence-electron chi connectivity index (χ0n) is 13.4.